The van der Waals surface area contributed by atoms with Crippen LogP contribution in [0, 0.1) is 0 Å². The molecule has 7 nitrogen and oxygen atoms in total. The number of rotatable bonds is 5. The lowest BCUT2D eigenvalue weighted by Gasteiger charge is -2.05. The van der Waals surface area contributed by atoms with Crippen LogP contribution in [0.2, 0.25) is 0 Å². The van der Waals surface area contributed by atoms with E-state index in [1.165, 1.54) is 0 Å². The van der Waals surface area contributed by atoms with E-state index < -0.39 is 0 Å². The fourth-order valence-electron chi connectivity index (χ4n) is 2.01. The molecule has 3 rings (SSSR count). The molecule has 0 fully saturated rings. The molecule has 0 atom stereocenters. The minimum Gasteiger partial charge on any atom is -0.369 e. The summed E-state index contributed by atoms with van der Waals surface area (Å²) in [7, 11) is 1.87. The van der Waals surface area contributed by atoms with E-state index >= 15 is 0 Å². The number of fused-ring (bicyclic) bond motifs is 1. The summed E-state index contributed by atoms with van der Waals surface area (Å²) in [4.78, 5) is 8.47. The van der Waals surface area contributed by atoms with Gasteiger partial charge in [-0.05, 0) is 18.9 Å². The zero-order valence-electron chi connectivity index (χ0n) is 10.7. The number of hydrogen-bond acceptors (Lipinski definition) is 5. The summed E-state index contributed by atoms with van der Waals surface area (Å²) in [5.41, 5.74) is 1.99. The third-order valence-electron chi connectivity index (χ3n) is 3.00. The molecular weight excluding hydrogens is 242 g/mol. The quantitative estimate of drug-likeness (QED) is 0.669. The van der Waals surface area contributed by atoms with Crippen LogP contribution in [0.25, 0.3) is 11.0 Å². The molecule has 0 spiro atoms. The predicted molar refractivity (Wildman–Crippen MR) is 71.7 cm³/mol. The topological polar surface area (TPSA) is 84.3 Å². The maximum absolute atomic E-state index is 4.26. The summed E-state index contributed by atoms with van der Waals surface area (Å²) < 4.78 is 1.74. The van der Waals surface area contributed by atoms with Crippen LogP contribution in [0.1, 0.15) is 12.1 Å². The second-order valence-electron chi connectivity index (χ2n) is 4.34. The van der Waals surface area contributed by atoms with Crippen molar-refractivity contribution in [2.24, 2.45) is 7.05 Å². The molecule has 98 valence electrons. The van der Waals surface area contributed by atoms with Gasteiger partial charge >= 0.3 is 0 Å². The highest BCUT2D eigenvalue weighted by atomic mass is 15.3. The van der Waals surface area contributed by atoms with Gasteiger partial charge in [0.05, 0.1) is 11.6 Å². The molecule has 0 aliphatic heterocycles. The Morgan fingerprint density at radius 3 is 3.16 bits per heavy atom. The van der Waals surface area contributed by atoms with Gasteiger partial charge in [0.2, 0.25) is 0 Å². The molecule has 0 aromatic carbocycles. The molecule has 2 N–H and O–H groups in total. The minimum absolute atomic E-state index is 0.836. The molecular formula is C12H15N7. The number of hydrogen-bond donors (Lipinski definition) is 2. The summed E-state index contributed by atoms with van der Waals surface area (Å²) in [5, 5.41) is 15.3. The van der Waals surface area contributed by atoms with Crippen molar-refractivity contribution < 1.29 is 0 Å². The third-order valence-corrected chi connectivity index (χ3v) is 3.00. The van der Waals surface area contributed by atoms with Crippen molar-refractivity contribution in [2.45, 2.75) is 12.8 Å². The third kappa shape index (κ3) is 2.40. The molecule has 0 aliphatic rings. The number of aryl methyl sites for hydroxylation is 2. The van der Waals surface area contributed by atoms with Gasteiger partial charge in [0.25, 0.3) is 0 Å². The van der Waals surface area contributed by atoms with E-state index in [-0.39, 0.29) is 0 Å². The fourth-order valence-corrected chi connectivity index (χ4v) is 2.01. The van der Waals surface area contributed by atoms with E-state index in [4.69, 9.17) is 0 Å². The molecule has 7 heteroatoms. The largest absolute Gasteiger partial charge is 0.369 e. The molecule has 0 saturated carbocycles. The number of aromatic nitrogens is 6. The first kappa shape index (κ1) is 11.6. The second kappa shape index (κ2) is 5.05. The molecule has 0 saturated heterocycles. The van der Waals surface area contributed by atoms with Gasteiger partial charge in [0.1, 0.15) is 12.1 Å². The number of aromatic amines is 1. The lowest BCUT2D eigenvalue weighted by molar-refractivity contribution is 0.785. The van der Waals surface area contributed by atoms with Crippen molar-refractivity contribution in [3.8, 4) is 0 Å². The number of nitrogens with zero attached hydrogens (tertiary/aromatic N) is 5. The highest BCUT2D eigenvalue weighted by Gasteiger charge is 2.06. The van der Waals surface area contributed by atoms with E-state index in [2.05, 4.69) is 30.6 Å². The molecule has 0 bridgehead atoms. The molecule has 3 aromatic heterocycles. The van der Waals surface area contributed by atoms with Crippen molar-refractivity contribution in [3.63, 3.8) is 0 Å². The Labute approximate surface area is 110 Å². The summed E-state index contributed by atoms with van der Waals surface area (Å²) in [5.74, 6) is 0.836. The Morgan fingerprint density at radius 1 is 1.37 bits per heavy atom. The van der Waals surface area contributed by atoms with E-state index in [9.17, 15) is 0 Å². The minimum atomic E-state index is 0.836. The number of nitrogens with one attached hydrogen (secondary N) is 2. The number of H-pyrrole nitrogens is 1. The molecule has 19 heavy (non-hydrogen) atoms. The summed E-state index contributed by atoms with van der Waals surface area (Å²) in [6.07, 6.45) is 7.09. The van der Waals surface area contributed by atoms with Crippen LogP contribution >= 0.6 is 0 Å². The zero-order valence-corrected chi connectivity index (χ0v) is 10.7. The standard InChI is InChI=1S/C12H15N7/c1-19-12-10(7-17-19)11(14-8-15-12)13-5-2-3-9-4-6-16-18-9/h4,6-8H,2-3,5H2,1H3,(H,16,18)(H,13,14,15). The summed E-state index contributed by atoms with van der Waals surface area (Å²) >= 11 is 0. The van der Waals surface area contributed by atoms with Crippen molar-refractivity contribution in [2.75, 3.05) is 11.9 Å². The van der Waals surface area contributed by atoms with Crippen LogP contribution < -0.4 is 5.32 Å². The van der Waals surface area contributed by atoms with Crippen LogP contribution in [-0.2, 0) is 13.5 Å². The predicted octanol–water partition coefficient (Wildman–Crippen LogP) is 1.13. The van der Waals surface area contributed by atoms with Gasteiger partial charge < -0.3 is 5.32 Å². The Hall–Kier alpha value is -2.44. The first-order valence-corrected chi connectivity index (χ1v) is 6.19. The monoisotopic (exact) mass is 257 g/mol. The molecule has 0 aliphatic carbocycles. The zero-order chi connectivity index (χ0) is 13.1. The first-order chi connectivity index (χ1) is 9.34. The molecule has 0 radical (unpaired) electrons. The smallest absolute Gasteiger partial charge is 0.163 e. The van der Waals surface area contributed by atoms with Crippen LogP contribution in [0.4, 0.5) is 5.82 Å². The molecule has 3 heterocycles. The Kier molecular flexibility index (Phi) is 3.09. The van der Waals surface area contributed by atoms with Gasteiger partial charge in [0.15, 0.2) is 5.65 Å². The highest BCUT2D eigenvalue weighted by Crippen LogP contribution is 2.17. The Balaban J connectivity index is 1.62. The highest BCUT2D eigenvalue weighted by molar-refractivity contribution is 5.85. The van der Waals surface area contributed by atoms with Crippen LogP contribution in [0.15, 0.2) is 24.8 Å². The first-order valence-electron chi connectivity index (χ1n) is 6.19. The fraction of sp³-hybridized carbons (Fsp3) is 0.333. The summed E-state index contributed by atoms with van der Waals surface area (Å²) in [6.45, 7) is 0.847. The van der Waals surface area contributed by atoms with Crippen LogP contribution in [0.5, 0.6) is 0 Å². The molecule has 3 aromatic rings. The molecule has 0 unspecified atom stereocenters. The number of anilines is 1. The van der Waals surface area contributed by atoms with Crippen molar-refractivity contribution >= 4 is 16.9 Å². The van der Waals surface area contributed by atoms with Gasteiger partial charge in [0, 0.05) is 25.5 Å². The lowest BCUT2D eigenvalue weighted by Crippen LogP contribution is -2.05. The van der Waals surface area contributed by atoms with Gasteiger partial charge in [-0.1, -0.05) is 0 Å². The van der Waals surface area contributed by atoms with Crippen molar-refractivity contribution in [3.05, 3.63) is 30.5 Å². The second-order valence-corrected chi connectivity index (χ2v) is 4.34. The van der Waals surface area contributed by atoms with Crippen LogP contribution in [0.3, 0.4) is 0 Å². The van der Waals surface area contributed by atoms with Gasteiger partial charge in [-0.3, -0.25) is 9.78 Å². The maximum Gasteiger partial charge on any atom is 0.163 e. The Morgan fingerprint density at radius 2 is 2.32 bits per heavy atom. The van der Waals surface area contributed by atoms with E-state index in [0.29, 0.717) is 0 Å². The SMILES string of the molecule is Cn1ncc2c(NCCCc3ccn[nH]3)ncnc21. The van der Waals surface area contributed by atoms with Gasteiger partial charge in [-0.25, -0.2) is 9.97 Å². The van der Waals surface area contributed by atoms with Crippen LogP contribution in [-0.4, -0.2) is 36.5 Å². The summed E-state index contributed by atoms with van der Waals surface area (Å²) in [6, 6.07) is 1.99. The maximum atomic E-state index is 4.26. The average molecular weight is 257 g/mol. The Bertz CT molecular complexity index is 656. The lowest BCUT2D eigenvalue weighted by atomic mass is 10.2. The van der Waals surface area contributed by atoms with E-state index in [0.717, 1.165) is 41.9 Å². The average Bonchev–Trinajstić information content (AvgIpc) is 3.06. The van der Waals surface area contributed by atoms with Crippen molar-refractivity contribution in [1.82, 2.24) is 29.9 Å². The van der Waals surface area contributed by atoms with Gasteiger partial charge in [-0.15, -0.1) is 0 Å². The van der Waals surface area contributed by atoms with E-state index in [1.807, 2.05) is 13.1 Å². The van der Waals surface area contributed by atoms with Gasteiger partial charge in [-0.2, -0.15) is 10.2 Å². The molecule has 0 amide bonds. The normalized spacial score (nSPS) is 11.0. The van der Waals surface area contributed by atoms with Crippen molar-refractivity contribution in [1.29, 1.82) is 0 Å². The van der Waals surface area contributed by atoms with E-state index in [1.54, 1.807) is 23.4 Å².